The van der Waals surface area contributed by atoms with Gasteiger partial charge < -0.3 is 20.8 Å². The van der Waals surface area contributed by atoms with Crippen LogP contribution in [0.3, 0.4) is 0 Å². The molecule has 0 atom stereocenters. The van der Waals surface area contributed by atoms with Gasteiger partial charge in [0.1, 0.15) is 11.5 Å². The van der Waals surface area contributed by atoms with Crippen molar-refractivity contribution in [2.45, 2.75) is 25.7 Å². The SMILES string of the molecule is COc1cncc(-c2cc3cc[nH]c(=O)c3c(Nc3ccc(C4CCN(CC(N)=O)CC4)c(C)c3)n2)n1. The zero-order chi connectivity index (χ0) is 25.9. The van der Waals surface area contributed by atoms with Crippen molar-refractivity contribution in [3.8, 4) is 17.3 Å². The van der Waals surface area contributed by atoms with Crippen molar-refractivity contribution in [1.29, 1.82) is 0 Å². The summed E-state index contributed by atoms with van der Waals surface area (Å²) in [4.78, 5) is 42.2. The number of fused-ring (bicyclic) bond motifs is 1. The number of piperidine rings is 1. The number of nitrogens with two attached hydrogens (primary N) is 1. The first-order valence-electron chi connectivity index (χ1n) is 12.2. The number of methoxy groups -OCH3 is 1. The second kappa shape index (κ2) is 10.4. The molecule has 4 N–H and O–H groups in total. The highest BCUT2D eigenvalue weighted by Crippen LogP contribution is 2.33. The van der Waals surface area contributed by atoms with Gasteiger partial charge in [-0.3, -0.25) is 19.5 Å². The zero-order valence-corrected chi connectivity index (χ0v) is 20.8. The summed E-state index contributed by atoms with van der Waals surface area (Å²) < 4.78 is 5.21. The Hall–Kier alpha value is -4.31. The summed E-state index contributed by atoms with van der Waals surface area (Å²) in [7, 11) is 1.53. The molecule has 37 heavy (non-hydrogen) atoms. The average Bonchev–Trinajstić information content (AvgIpc) is 2.89. The number of H-pyrrole nitrogens is 1. The van der Waals surface area contributed by atoms with E-state index in [2.05, 4.69) is 44.2 Å². The summed E-state index contributed by atoms with van der Waals surface area (Å²) in [5.41, 5.74) is 9.51. The van der Waals surface area contributed by atoms with Crippen molar-refractivity contribution in [3.05, 3.63) is 70.4 Å². The van der Waals surface area contributed by atoms with Crippen LogP contribution in [-0.2, 0) is 4.79 Å². The highest BCUT2D eigenvalue weighted by molar-refractivity contribution is 5.94. The summed E-state index contributed by atoms with van der Waals surface area (Å²) in [6.45, 7) is 4.11. The fourth-order valence-electron chi connectivity index (χ4n) is 4.98. The molecular weight excluding hydrogens is 470 g/mol. The number of primary amides is 1. The number of ether oxygens (including phenoxy) is 1. The molecule has 1 fully saturated rings. The number of likely N-dealkylation sites (tertiary alicyclic amines) is 1. The number of anilines is 2. The molecule has 4 heterocycles. The maximum absolute atomic E-state index is 12.7. The van der Waals surface area contributed by atoms with E-state index in [1.54, 1.807) is 12.4 Å². The molecule has 0 unspecified atom stereocenters. The van der Waals surface area contributed by atoms with Gasteiger partial charge in [0.2, 0.25) is 11.8 Å². The van der Waals surface area contributed by atoms with Gasteiger partial charge in [0.15, 0.2) is 0 Å². The Labute approximate surface area is 213 Å². The molecule has 0 radical (unpaired) electrons. The Kier molecular flexibility index (Phi) is 6.82. The van der Waals surface area contributed by atoms with Gasteiger partial charge in [-0.2, -0.15) is 0 Å². The topological polar surface area (TPSA) is 139 Å². The highest BCUT2D eigenvalue weighted by Gasteiger charge is 2.23. The molecule has 1 amide bonds. The largest absolute Gasteiger partial charge is 0.480 e. The Morgan fingerprint density at radius 3 is 2.70 bits per heavy atom. The number of hydrogen-bond acceptors (Lipinski definition) is 8. The van der Waals surface area contributed by atoms with Crippen LogP contribution >= 0.6 is 0 Å². The fraction of sp³-hybridized carbons (Fsp3) is 0.296. The Morgan fingerprint density at radius 2 is 1.97 bits per heavy atom. The van der Waals surface area contributed by atoms with Gasteiger partial charge in [-0.1, -0.05) is 6.07 Å². The molecule has 5 rings (SSSR count). The third-order valence-electron chi connectivity index (χ3n) is 6.78. The van der Waals surface area contributed by atoms with Gasteiger partial charge >= 0.3 is 0 Å². The zero-order valence-electron chi connectivity index (χ0n) is 20.8. The molecule has 1 aliphatic heterocycles. The monoisotopic (exact) mass is 499 g/mol. The normalized spacial score (nSPS) is 14.5. The number of hydrogen-bond donors (Lipinski definition) is 3. The maximum atomic E-state index is 12.7. The van der Waals surface area contributed by atoms with E-state index in [1.165, 1.54) is 18.9 Å². The number of aromatic nitrogens is 4. The molecular formula is C27H29N7O3. The summed E-state index contributed by atoms with van der Waals surface area (Å²) in [6.07, 6.45) is 6.71. The first-order chi connectivity index (χ1) is 17.9. The second-order valence-corrected chi connectivity index (χ2v) is 9.29. The summed E-state index contributed by atoms with van der Waals surface area (Å²) >= 11 is 0. The highest BCUT2D eigenvalue weighted by atomic mass is 16.5. The lowest BCUT2D eigenvalue weighted by Gasteiger charge is -2.32. The fourth-order valence-corrected chi connectivity index (χ4v) is 4.98. The first kappa shape index (κ1) is 24.4. The number of benzene rings is 1. The van der Waals surface area contributed by atoms with E-state index in [0.717, 1.165) is 42.6 Å². The van der Waals surface area contributed by atoms with Crippen LogP contribution in [0.15, 0.2) is 53.7 Å². The lowest BCUT2D eigenvalue weighted by atomic mass is 9.86. The molecule has 3 aromatic heterocycles. The van der Waals surface area contributed by atoms with E-state index in [0.29, 0.717) is 40.9 Å². The summed E-state index contributed by atoms with van der Waals surface area (Å²) in [6, 6.07) is 9.88. The minimum absolute atomic E-state index is 0.230. The van der Waals surface area contributed by atoms with Crippen LogP contribution in [0.25, 0.3) is 22.2 Å². The van der Waals surface area contributed by atoms with Crippen LogP contribution in [0.4, 0.5) is 11.5 Å². The van der Waals surface area contributed by atoms with E-state index in [1.807, 2.05) is 18.2 Å². The van der Waals surface area contributed by atoms with Crippen molar-refractivity contribution in [2.75, 3.05) is 32.1 Å². The van der Waals surface area contributed by atoms with Crippen molar-refractivity contribution in [1.82, 2.24) is 24.8 Å². The van der Waals surface area contributed by atoms with E-state index < -0.39 is 0 Å². The standard InChI is InChI=1S/C27H29N7O3/c1-16-11-19(3-4-20(16)17-6-9-34(10-7-17)15-23(28)35)31-26-25-18(5-8-30-27(25)36)12-21(33-26)22-13-29-14-24(32-22)37-2/h3-5,8,11-14,17H,6-7,9-10,15H2,1-2H3,(H2,28,35)(H,30,36)(H,31,33). The van der Waals surface area contributed by atoms with Gasteiger partial charge in [-0.15, -0.1) is 0 Å². The third kappa shape index (κ3) is 5.29. The lowest BCUT2D eigenvalue weighted by molar-refractivity contribution is -0.119. The van der Waals surface area contributed by atoms with Crippen LogP contribution in [0.2, 0.25) is 0 Å². The Morgan fingerprint density at radius 1 is 1.16 bits per heavy atom. The second-order valence-electron chi connectivity index (χ2n) is 9.29. The van der Waals surface area contributed by atoms with E-state index in [4.69, 9.17) is 15.5 Å². The van der Waals surface area contributed by atoms with Gasteiger partial charge in [-0.25, -0.2) is 9.97 Å². The van der Waals surface area contributed by atoms with E-state index >= 15 is 0 Å². The van der Waals surface area contributed by atoms with Crippen molar-refractivity contribution >= 4 is 28.2 Å². The number of carbonyl (C=O) groups excluding carboxylic acids is 1. The van der Waals surface area contributed by atoms with Gasteiger partial charge in [0.25, 0.3) is 5.56 Å². The first-order valence-corrected chi connectivity index (χ1v) is 12.2. The van der Waals surface area contributed by atoms with Crippen LogP contribution in [0.5, 0.6) is 5.88 Å². The van der Waals surface area contributed by atoms with Gasteiger partial charge in [0, 0.05) is 11.9 Å². The quantitative estimate of drug-likeness (QED) is 0.353. The van der Waals surface area contributed by atoms with Gasteiger partial charge in [-0.05, 0) is 79.6 Å². The number of pyridine rings is 2. The average molecular weight is 500 g/mol. The lowest BCUT2D eigenvalue weighted by Crippen LogP contribution is -2.39. The Bertz CT molecular complexity index is 1510. The number of carbonyl (C=O) groups is 1. The van der Waals surface area contributed by atoms with Crippen LogP contribution < -0.4 is 21.3 Å². The number of nitrogens with one attached hydrogen (secondary N) is 2. The Balaban J connectivity index is 1.44. The van der Waals surface area contributed by atoms with Crippen LogP contribution in [-0.4, -0.2) is 57.5 Å². The number of amides is 1. The number of aryl methyl sites for hydroxylation is 1. The number of aromatic amines is 1. The minimum atomic E-state index is -0.285. The molecule has 0 spiro atoms. The van der Waals surface area contributed by atoms with Gasteiger partial charge in [0.05, 0.1) is 37.1 Å². The molecule has 1 saturated heterocycles. The number of rotatable bonds is 7. The molecule has 0 bridgehead atoms. The van der Waals surface area contributed by atoms with E-state index in [9.17, 15) is 9.59 Å². The smallest absolute Gasteiger partial charge is 0.259 e. The van der Waals surface area contributed by atoms with E-state index in [-0.39, 0.29) is 11.5 Å². The molecule has 4 aromatic rings. The van der Waals surface area contributed by atoms with Crippen LogP contribution in [0, 0.1) is 6.92 Å². The molecule has 10 heteroatoms. The minimum Gasteiger partial charge on any atom is -0.480 e. The third-order valence-corrected chi connectivity index (χ3v) is 6.78. The molecule has 0 saturated carbocycles. The van der Waals surface area contributed by atoms with Crippen molar-refractivity contribution in [2.24, 2.45) is 5.73 Å². The van der Waals surface area contributed by atoms with Crippen LogP contribution in [0.1, 0.15) is 29.9 Å². The molecule has 1 aromatic carbocycles. The van der Waals surface area contributed by atoms with Crippen molar-refractivity contribution < 1.29 is 9.53 Å². The summed E-state index contributed by atoms with van der Waals surface area (Å²) in [5, 5.41) is 4.55. The van der Waals surface area contributed by atoms with Crippen molar-refractivity contribution in [3.63, 3.8) is 0 Å². The molecule has 190 valence electrons. The summed E-state index contributed by atoms with van der Waals surface area (Å²) in [5.74, 6) is 0.958. The number of nitrogens with zero attached hydrogens (tertiary/aromatic N) is 4. The molecule has 1 aliphatic rings. The molecule has 0 aliphatic carbocycles. The molecule has 10 nitrogen and oxygen atoms in total. The predicted molar refractivity (Wildman–Crippen MR) is 142 cm³/mol. The maximum Gasteiger partial charge on any atom is 0.259 e. The predicted octanol–water partition coefficient (Wildman–Crippen LogP) is 3.11.